The van der Waals surface area contributed by atoms with Crippen molar-refractivity contribution in [2.75, 3.05) is 40.0 Å². The second-order valence-electron chi connectivity index (χ2n) is 4.83. The van der Waals surface area contributed by atoms with Gasteiger partial charge in [0.25, 0.3) is 0 Å². The summed E-state index contributed by atoms with van der Waals surface area (Å²) in [5.74, 6) is 0. The monoisotopic (exact) mass is 284 g/mol. The van der Waals surface area contributed by atoms with Crippen molar-refractivity contribution in [3.8, 4) is 0 Å². The number of likely N-dealkylation sites (tertiary alicyclic amines) is 1. The summed E-state index contributed by atoms with van der Waals surface area (Å²) in [5.41, 5.74) is 5.72. The zero-order valence-corrected chi connectivity index (χ0v) is 11.3. The standard InChI is InChI=1S/C12H23F3N2O2/c1-18-11-3-5-17(10(7-11)8-16)4-2-6-19-9-12(13,14)15/h10-11H,2-9,16H2,1H3. The number of halogens is 3. The minimum Gasteiger partial charge on any atom is -0.381 e. The van der Waals surface area contributed by atoms with Crippen LogP contribution in [-0.2, 0) is 9.47 Å². The fourth-order valence-corrected chi connectivity index (χ4v) is 2.37. The Morgan fingerprint density at radius 2 is 2.11 bits per heavy atom. The first-order chi connectivity index (χ1) is 8.96. The van der Waals surface area contributed by atoms with Crippen LogP contribution in [0.3, 0.4) is 0 Å². The molecule has 0 bridgehead atoms. The topological polar surface area (TPSA) is 47.7 Å². The molecule has 0 aromatic carbocycles. The number of rotatable bonds is 7. The molecule has 1 saturated heterocycles. The smallest absolute Gasteiger partial charge is 0.381 e. The molecule has 114 valence electrons. The van der Waals surface area contributed by atoms with Gasteiger partial charge in [-0.25, -0.2) is 0 Å². The molecule has 19 heavy (non-hydrogen) atoms. The molecule has 1 fully saturated rings. The summed E-state index contributed by atoms with van der Waals surface area (Å²) in [4.78, 5) is 2.21. The lowest BCUT2D eigenvalue weighted by molar-refractivity contribution is -0.174. The van der Waals surface area contributed by atoms with Crippen molar-refractivity contribution in [3.63, 3.8) is 0 Å². The van der Waals surface area contributed by atoms with Crippen LogP contribution >= 0.6 is 0 Å². The number of nitrogens with two attached hydrogens (primary N) is 1. The minimum absolute atomic E-state index is 0.126. The van der Waals surface area contributed by atoms with Crippen LogP contribution in [0.4, 0.5) is 13.2 Å². The highest BCUT2D eigenvalue weighted by Gasteiger charge is 2.28. The third kappa shape index (κ3) is 6.56. The molecule has 0 radical (unpaired) electrons. The molecule has 0 spiro atoms. The maximum atomic E-state index is 11.9. The van der Waals surface area contributed by atoms with Gasteiger partial charge in [-0.05, 0) is 19.3 Å². The second-order valence-corrected chi connectivity index (χ2v) is 4.83. The highest BCUT2D eigenvalue weighted by atomic mass is 19.4. The Hall–Kier alpha value is -0.370. The molecule has 1 aliphatic heterocycles. The average molecular weight is 284 g/mol. The number of alkyl halides is 3. The van der Waals surface area contributed by atoms with Crippen LogP contribution in [-0.4, -0.2) is 63.2 Å². The van der Waals surface area contributed by atoms with Crippen LogP contribution in [0.2, 0.25) is 0 Å². The van der Waals surface area contributed by atoms with Gasteiger partial charge >= 0.3 is 6.18 Å². The van der Waals surface area contributed by atoms with Crippen molar-refractivity contribution in [1.82, 2.24) is 4.90 Å². The lowest BCUT2D eigenvalue weighted by Crippen LogP contribution is -2.48. The number of hydrogen-bond acceptors (Lipinski definition) is 4. The molecular formula is C12H23F3N2O2. The first kappa shape index (κ1) is 16.7. The number of methoxy groups -OCH3 is 1. The van der Waals surface area contributed by atoms with Crippen molar-refractivity contribution in [2.24, 2.45) is 5.73 Å². The van der Waals surface area contributed by atoms with E-state index in [1.807, 2.05) is 0 Å². The van der Waals surface area contributed by atoms with Gasteiger partial charge in [0.05, 0.1) is 6.10 Å². The van der Waals surface area contributed by atoms with Crippen LogP contribution in [0.5, 0.6) is 0 Å². The van der Waals surface area contributed by atoms with Crippen LogP contribution < -0.4 is 5.73 Å². The molecule has 1 heterocycles. The van der Waals surface area contributed by atoms with Crippen LogP contribution in [0.15, 0.2) is 0 Å². The normalized spacial score (nSPS) is 25.7. The summed E-state index contributed by atoms with van der Waals surface area (Å²) < 4.78 is 45.5. The lowest BCUT2D eigenvalue weighted by Gasteiger charge is -2.38. The van der Waals surface area contributed by atoms with Crippen molar-refractivity contribution >= 4 is 0 Å². The Labute approximate surface area is 112 Å². The average Bonchev–Trinajstić information content (AvgIpc) is 2.37. The van der Waals surface area contributed by atoms with Crippen molar-refractivity contribution in [3.05, 3.63) is 0 Å². The van der Waals surface area contributed by atoms with Crippen molar-refractivity contribution in [2.45, 2.75) is 37.6 Å². The molecular weight excluding hydrogens is 261 g/mol. The van der Waals surface area contributed by atoms with Crippen molar-refractivity contribution < 1.29 is 22.6 Å². The van der Waals surface area contributed by atoms with E-state index >= 15 is 0 Å². The molecule has 0 saturated carbocycles. The first-order valence-corrected chi connectivity index (χ1v) is 6.57. The third-order valence-corrected chi connectivity index (χ3v) is 3.39. The van der Waals surface area contributed by atoms with Gasteiger partial charge in [0.1, 0.15) is 6.61 Å². The minimum atomic E-state index is -4.24. The van der Waals surface area contributed by atoms with E-state index in [1.165, 1.54) is 0 Å². The van der Waals surface area contributed by atoms with E-state index in [0.717, 1.165) is 25.9 Å². The Kier molecular flexibility index (Phi) is 7.06. The van der Waals surface area contributed by atoms with Crippen molar-refractivity contribution in [1.29, 1.82) is 0 Å². The second kappa shape index (κ2) is 8.04. The Bertz CT molecular complexity index is 252. The molecule has 0 amide bonds. The third-order valence-electron chi connectivity index (χ3n) is 3.39. The van der Waals surface area contributed by atoms with Crippen LogP contribution in [0.25, 0.3) is 0 Å². The van der Waals surface area contributed by atoms with E-state index < -0.39 is 12.8 Å². The highest BCUT2D eigenvalue weighted by Crippen LogP contribution is 2.19. The molecule has 1 aliphatic rings. The number of nitrogens with zero attached hydrogens (tertiary/aromatic N) is 1. The SMILES string of the molecule is COC1CCN(CCCOCC(F)(F)F)C(CN)C1. The Morgan fingerprint density at radius 1 is 1.37 bits per heavy atom. The van der Waals surface area contributed by atoms with E-state index in [-0.39, 0.29) is 18.8 Å². The molecule has 2 N–H and O–H groups in total. The number of piperidine rings is 1. The molecule has 0 aliphatic carbocycles. The van der Waals surface area contributed by atoms with Crippen LogP contribution in [0.1, 0.15) is 19.3 Å². The molecule has 0 aromatic heterocycles. The zero-order chi connectivity index (χ0) is 14.3. The predicted molar refractivity (Wildman–Crippen MR) is 65.9 cm³/mol. The van der Waals surface area contributed by atoms with E-state index in [4.69, 9.17) is 10.5 Å². The fraction of sp³-hybridized carbons (Fsp3) is 1.00. The first-order valence-electron chi connectivity index (χ1n) is 6.57. The van der Waals surface area contributed by atoms with E-state index in [2.05, 4.69) is 9.64 Å². The van der Waals surface area contributed by atoms with E-state index in [0.29, 0.717) is 13.0 Å². The molecule has 0 aromatic rings. The van der Waals surface area contributed by atoms with Gasteiger partial charge in [-0.15, -0.1) is 0 Å². The summed E-state index contributed by atoms with van der Waals surface area (Å²) in [6.07, 6.45) is -1.58. The maximum absolute atomic E-state index is 11.9. The Balaban J connectivity index is 2.18. The van der Waals surface area contributed by atoms with Gasteiger partial charge in [-0.2, -0.15) is 13.2 Å². The van der Waals surface area contributed by atoms with Gasteiger partial charge in [0.2, 0.25) is 0 Å². The summed E-state index contributed by atoms with van der Waals surface area (Å²) in [6, 6.07) is 0.251. The van der Waals surface area contributed by atoms with E-state index in [9.17, 15) is 13.2 Å². The van der Waals surface area contributed by atoms with Gasteiger partial charge in [-0.1, -0.05) is 0 Å². The van der Waals surface area contributed by atoms with Gasteiger partial charge in [0.15, 0.2) is 0 Å². The maximum Gasteiger partial charge on any atom is 0.411 e. The zero-order valence-electron chi connectivity index (χ0n) is 11.3. The summed E-state index contributed by atoms with van der Waals surface area (Å²) in [5, 5.41) is 0. The molecule has 1 rings (SSSR count). The highest BCUT2D eigenvalue weighted by molar-refractivity contribution is 4.82. The quantitative estimate of drug-likeness (QED) is 0.718. The van der Waals surface area contributed by atoms with Gasteiger partial charge in [-0.3, -0.25) is 4.90 Å². The summed E-state index contributed by atoms with van der Waals surface area (Å²) in [6.45, 7) is 1.10. The van der Waals surface area contributed by atoms with E-state index in [1.54, 1.807) is 7.11 Å². The summed E-state index contributed by atoms with van der Waals surface area (Å²) in [7, 11) is 1.69. The predicted octanol–water partition coefficient (Wildman–Crippen LogP) is 1.39. The Morgan fingerprint density at radius 3 is 2.68 bits per heavy atom. The van der Waals surface area contributed by atoms with Gasteiger partial charge < -0.3 is 15.2 Å². The number of ether oxygens (including phenoxy) is 2. The summed E-state index contributed by atoms with van der Waals surface area (Å²) >= 11 is 0. The molecule has 2 atom stereocenters. The molecule has 2 unspecified atom stereocenters. The fourth-order valence-electron chi connectivity index (χ4n) is 2.37. The largest absolute Gasteiger partial charge is 0.411 e. The number of hydrogen-bond donors (Lipinski definition) is 1. The van der Waals surface area contributed by atoms with Crippen LogP contribution in [0, 0.1) is 0 Å². The lowest BCUT2D eigenvalue weighted by atomic mass is 9.99. The molecule has 4 nitrogen and oxygen atoms in total. The molecule has 7 heteroatoms. The van der Waals surface area contributed by atoms with Gasteiger partial charge in [0, 0.05) is 39.4 Å².